The summed E-state index contributed by atoms with van der Waals surface area (Å²) in [4.78, 5) is 4.48. The van der Waals surface area contributed by atoms with E-state index < -0.39 is 0 Å². The van der Waals surface area contributed by atoms with Gasteiger partial charge in [0, 0.05) is 17.6 Å². The van der Waals surface area contributed by atoms with Crippen molar-refractivity contribution in [1.29, 1.82) is 0 Å². The molecule has 0 aliphatic rings. The smallest absolute Gasteiger partial charge is 0.0440 e. The molecule has 15 heavy (non-hydrogen) atoms. The van der Waals surface area contributed by atoms with Gasteiger partial charge in [-0.25, -0.2) is 0 Å². The van der Waals surface area contributed by atoms with Gasteiger partial charge in [-0.05, 0) is 48.0 Å². The second-order valence-electron chi connectivity index (χ2n) is 5.14. The van der Waals surface area contributed by atoms with Gasteiger partial charge in [0.1, 0.15) is 0 Å². The minimum atomic E-state index is -0.170. The van der Waals surface area contributed by atoms with Crippen LogP contribution in [0.3, 0.4) is 0 Å². The van der Waals surface area contributed by atoms with E-state index in [0.717, 1.165) is 12.8 Å². The summed E-state index contributed by atoms with van der Waals surface area (Å²) in [6.07, 6.45) is 2.18. The number of hydrogen-bond donors (Lipinski definition) is 1. The molecule has 2 unspecified atom stereocenters. The average molecular weight is 215 g/mol. The lowest BCUT2D eigenvalue weighted by Crippen LogP contribution is -2.64. The van der Waals surface area contributed by atoms with Crippen LogP contribution in [0.5, 0.6) is 0 Å². The van der Waals surface area contributed by atoms with E-state index in [-0.39, 0.29) is 5.54 Å². The van der Waals surface area contributed by atoms with Crippen molar-refractivity contribution < 1.29 is 0 Å². The highest BCUT2D eigenvalue weighted by Crippen LogP contribution is 2.23. The fraction of sp³-hybridized carbons (Fsp3) is 1.00. The van der Waals surface area contributed by atoms with Crippen molar-refractivity contribution in [3.63, 3.8) is 0 Å². The molecule has 0 saturated heterocycles. The number of rotatable bonds is 6. The van der Waals surface area contributed by atoms with Gasteiger partial charge in [-0.15, -0.1) is 0 Å². The molecule has 2 atom stereocenters. The summed E-state index contributed by atoms with van der Waals surface area (Å²) in [6.45, 7) is 6.59. The Kier molecular flexibility index (Phi) is 5.78. The molecule has 0 spiro atoms. The first-order valence-electron chi connectivity index (χ1n) is 5.90. The van der Waals surface area contributed by atoms with Gasteiger partial charge in [0.05, 0.1) is 0 Å². The number of hydrogen-bond acceptors (Lipinski definition) is 3. The van der Waals surface area contributed by atoms with Crippen molar-refractivity contribution in [2.45, 2.75) is 51.2 Å². The van der Waals surface area contributed by atoms with Crippen LogP contribution in [0.1, 0.15) is 33.6 Å². The van der Waals surface area contributed by atoms with Gasteiger partial charge in [0.15, 0.2) is 0 Å². The van der Waals surface area contributed by atoms with E-state index in [1.807, 2.05) is 0 Å². The van der Waals surface area contributed by atoms with Crippen LogP contribution < -0.4 is 5.73 Å². The maximum Gasteiger partial charge on any atom is 0.0440 e. The van der Waals surface area contributed by atoms with Crippen LogP contribution in [0.4, 0.5) is 0 Å². The van der Waals surface area contributed by atoms with Crippen LogP contribution in [-0.2, 0) is 0 Å². The standard InChI is InChI=1S/C12H29N3/c1-8-10(14(4)5)12(3,13)11(9-2)15(6)7/h10-11H,8-9,13H2,1-7H3. The number of nitrogens with zero attached hydrogens (tertiary/aromatic N) is 2. The Balaban J connectivity index is 4.88. The van der Waals surface area contributed by atoms with Crippen LogP contribution in [0.2, 0.25) is 0 Å². The molecule has 0 heterocycles. The van der Waals surface area contributed by atoms with E-state index in [1.54, 1.807) is 0 Å². The molecular weight excluding hydrogens is 186 g/mol. The molecule has 0 aliphatic carbocycles. The third-order valence-electron chi connectivity index (χ3n) is 3.46. The topological polar surface area (TPSA) is 32.5 Å². The van der Waals surface area contributed by atoms with Crippen molar-refractivity contribution in [3.05, 3.63) is 0 Å². The Labute approximate surface area is 95.6 Å². The largest absolute Gasteiger partial charge is 0.323 e. The zero-order chi connectivity index (χ0) is 12.2. The third kappa shape index (κ3) is 3.44. The van der Waals surface area contributed by atoms with Crippen LogP contribution in [0.15, 0.2) is 0 Å². The molecule has 2 N–H and O–H groups in total. The first-order valence-corrected chi connectivity index (χ1v) is 5.90. The summed E-state index contributed by atoms with van der Waals surface area (Å²) < 4.78 is 0. The lowest BCUT2D eigenvalue weighted by atomic mass is 9.81. The predicted octanol–water partition coefficient (Wildman–Crippen LogP) is 1.38. The molecular formula is C12H29N3. The number of nitrogens with two attached hydrogens (primary N) is 1. The van der Waals surface area contributed by atoms with Crippen LogP contribution in [-0.4, -0.2) is 55.6 Å². The lowest BCUT2D eigenvalue weighted by Gasteiger charge is -2.46. The van der Waals surface area contributed by atoms with E-state index in [0.29, 0.717) is 12.1 Å². The van der Waals surface area contributed by atoms with E-state index in [9.17, 15) is 0 Å². The summed E-state index contributed by atoms with van der Waals surface area (Å²) in [5, 5.41) is 0. The normalized spacial score (nSPS) is 20.4. The predicted molar refractivity (Wildman–Crippen MR) is 68.1 cm³/mol. The minimum Gasteiger partial charge on any atom is -0.323 e. The van der Waals surface area contributed by atoms with Gasteiger partial charge in [0.25, 0.3) is 0 Å². The zero-order valence-corrected chi connectivity index (χ0v) is 11.5. The summed E-state index contributed by atoms with van der Waals surface area (Å²) >= 11 is 0. The Morgan fingerprint density at radius 1 is 0.933 bits per heavy atom. The highest BCUT2D eigenvalue weighted by molar-refractivity contribution is 5.00. The first-order chi connectivity index (χ1) is 6.78. The van der Waals surface area contributed by atoms with E-state index in [2.05, 4.69) is 58.8 Å². The van der Waals surface area contributed by atoms with E-state index >= 15 is 0 Å². The molecule has 0 amide bonds. The molecule has 3 heteroatoms. The summed E-state index contributed by atoms with van der Waals surface area (Å²) in [7, 11) is 8.45. The minimum absolute atomic E-state index is 0.170. The van der Waals surface area contributed by atoms with Gasteiger partial charge in [0.2, 0.25) is 0 Å². The van der Waals surface area contributed by atoms with Crippen LogP contribution in [0.25, 0.3) is 0 Å². The van der Waals surface area contributed by atoms with Gasteiger partial charge < -0.3 is 15.5 Å². The summed E-state index contributed by atoms with van der Waals surface area (Å²) in [6, 6.07) is 0.842. The maximum absolute atomic E-state index is 6.54. The van der Waals surface area contributed by atoms with E-state index in [4.69, 9.17) is 5.73 Å². The van der Waals surface area contributed by atoms with Gasteiger partial charge in [-0.1, -0.05) is 13.8 Å². The Morgan fingerprint density at radius 3 is 1.33 bits per heavy atom. The molecule has 0 rings (SSSR count). The molecule has 92 valence electrons. The van der Waals surface area contributed by atoms with Gasteiger partial charge in [-0.3, -0.25) is 0 Å². The monoisotopic (exact) mass is 215 g/mol. The second-order valence-corrected chi connectivity index (χ2v) is 5.14. The first kappa shape index (κ1) is 14.9. The van der Waals surface area contributed by atoms with E-state index in [1.165, 1.54) is 0 Å². The van der Waals surface area contributed by atoms with Gasteiger partial charge in [-0.2, -0.15) is 0 Å². The summed E-state index contributed by atoms with van der Waals surface area (Å²) in [5.74, 6) is 0. The van der Waals surface area contributed by atoms with Crippen molar-refractivity contribution in [3.8, 4) is 0 Å². The molecule has 0 aliphatic heterocycles. The molecule has 0 aromatic carbocycles. The lowest BCUT2D eigenvalue weighted by molar-refractivity contribution is 0.0932. The maximum atomic E-state index is 6.54. The number of likely N-dealkylation sites (N-methyl/N-ethyl adjacent to an activating group) is 2. The van der Waals surface area contributed by atoms with Crippen molar-refractivity contribution >= 4 is 0 Å². The Bertz CT molecular complexity index is 158. The third-order valence-corrected chi connectivity index (χ3v) is 3.46. The fourth-order valence-electron chi connectivity index (χ4n) is 2.94. The molecule has 0 radical (unpaired) electrons. The molecule has 0 saturated carbocycles. The highest BCUT2D eigenvalue weighted by Gasteiger charge is 2.38. The molecule has 0 fully saturated rings. The fourth-order valence-corrected chi connectivity index (χ4v) is 2.94. The quantitative estimate of drug-likeness (QED) is 0.726. The van der Waals surface area contributed by atoms with Crippen molar-refractivity contribution in [1.82, 2.24) is 9.80 Å². The summed E-state index contributed by atoms with van der Waals surface area (Å²) in [5.41, 5.74) is 6.37. The zero-order valence-electron chi connectivity index (χ0n) is 11.5. The van der Waals surface area contributed by atoms with Crippen LogP contribution >= 0.6 is 0 Å². The van der Waals surface area contributed by atoms with Gasteiger partial charge >= 0.3 is 0 Å². The average Bonchev–Trinajstić information content (AvgIpc) is 2.02. The molecule has 0 aromatic rings. The van der Waals surface area contributed by atoms with Crippen LogP contribution in [0, 0.1) is 0 Å². The molecule has 0 bridgehead atoms. The molecule has 0 aromatic heterocycles. The Morgan fingerprint density at radius 2 is 1.20 bits per heavy atom. The second kappa shape index (κ2) is 5.83. The Hall–Kier alpha value is -0.120. The molecule has 3 nitrogen and oxygen atoms in total. The SMILES string of the molecule is CCC(N(C)C)C(C)(N)C(CC)N(C)C. The van der Waals surface area contributed by atoms with Crippen molar-refractivity contribution in [2.24, 2.45) is 5.73 Å². The highest BCUT2D eigenvalue weighted by atomic mass is 15.2. The van der Waals surface area contributed by atoms with Crippen molar-refractivity contribution in [2.75, 3.05) is 28.2 Å².